The van der Waals surface area contributed by atoms with Crippen molar-refractivity contribution in [1.82, 2.24) is 9.97 Å². The highest BCUT2D eigenvalue weighted by Gasteiger charge is 2.20. The first-order chi connectivity index (χ1) is 14.9. The quantitative estimate of drug-likeness (QED) is 0.332. The lowest BCUT2D eigenvalue weighted by Crippen LogP contribution is -2.10. The fraction of sp³-hybridized carbons (Fsp3) is 0.143. The monoisotopic (exact) mass is 404 g/mol. The van der Waals surface area contributed by atoms with Gasteiger partial charge in [0.15, 0.2) is 0 Å². The van der Waals surface area contributed by atoms with Crippen LogP contribution in [0.5, 0.6) is 0 Å². The first-order valence-corrected chi connectivity index (χ1v) is 10.5. The number of pyridine rings is 1. The van der Waals surface area contributed by atoms with Gasteiger partial charge >= 0.3 is 0 Å². The molecule has 3 aromatic carbocycles. The fourth-order valence-electron chi connectivity index (χ4n) is 4.16. The van der Waals surface area contributed by atoms with E-state index in [2.05, 4.69) is 61.1 Å². The van der Waals surface area contributed by atoms with E-state index in [0.29, 0.717) is 11.3 Å². The zero-order valence-electron chi connectivity index (χ0n) is 17.9. The lowest BCUT2D eigenvalue weighted by atomic mass is 9.85. The summed E-state index contributed by atoms with van der Waals surface area (Å²) in [5.41, 5.74) is 6.20. The Bertz CT molecular complexity index is 1420. The number of benzene rings is 3. The van der Waals surface area contributed by atoms with Crippen molar-refractivity contribution in [2.24, 2.45) is 0 Å². The number of nitrogens with one attached hydrogen (secondary N) is 1. The van der Waals surface area contributed by atoms with Gasteiger partial charge in [-0.2, -0.15) is 0 Å². The Morgan fingerprint density at radius 1 is 0.806 bits per heavy atom. The van der Waals surface area contributed by atoms with E-state index in [1.807, 2.05) is 48.5 Å². The SMILES string of the molecule is CC(C)(C)c1ccc(-c2ccccc2C(=O)c2nccc3c2[nH]c2ccccc23)cc1. The van der Waals surface area contributed by atoms with Gasteiger partial charge in [-0.1, -0.05) is 87.5 Å². The molecular weight excluding hydrogens is 380 g/mol. The first kappa shape index (κ1) is 19.3. The van der Waals surface area contributed by atoms with Crippen molar-refractivity contribution in [3.05, 3.63) is 102 Å². The van der Waals surface area contributed by atoms with Gasteiger partial charge in [-0.25, -0.2) is 0 Å². The van der Waals surface area contributed by atoms with Crippen molar-refractivity contribution in [2.75, 3.05) is 0 Å². The Hall–Kier alpha value is -3.72. The number of carbonyl (C=O) groups excluding carboxylic acids is 1. The molecule has 31 heavy (non-hydrogen) atoms. The third kappa shape index (κ3) is 3.32. The molecule has 0 atom stereocenters. The van der Waals surface area contributed by atoms with Crippen LogP contribution in [0.1, 0.15) is 42.4 Å². The van der Waals surface area contributed by atoms with Crippen molar-refractivity contribution in [1.29, 1.82) is 0 Å². The van der Waals surface area contributed by atoms with Gasteiger partial charge < -0.3 is 4.98 Å². The largest absolute Gasteiger partial charge is 0.353 e. The minimum Gasteiger partial charge on any atom is -0.353 e. The number of H-pyrrole nitrogens is 1. The molecule has 1 N–H and O–H groups in total. The number of rotatable bonds is 3. The summed E-state index contributed by atoms with van der Waals surface area (Å²) >= 11 is 0. The minimum absolute atomic E-state index is 0.0762. The smallest absolute Gasteiger partial charge is 0.214 e. The number of hydrogen-bond acceptors (Lipinski definition) is 2. The van der Waals surface area contributed by atoms with E-state index in [0.717, 1.165) is 32.9 Å². The van der Waals surface area contributed by atoms with Crippen LogP contribution < -0.4 is 0 Å². The minimum atomic E-state index is -0.0762. The van der Waals surface area contributed by atoms with Crippen molar-refractivity contribution < 1.29 is 4.79 Å². The summed E-state index contributed by atoms with van der Waals surface area (Å²) in [7, 11) is 0. The molecule has 5 aromatic rings. The second-order valence-electron chi connectivity index (χ2n) is 8.95. The molecule has 0 unspecified atom stereocenters. The lowest BCUT2D eigenvalue weighted by molar-refractivity contribution is 0.103. The fourth-order valence-corrected chi connectivity index (χ4v) is 4.16. The molecule has 0 saturated heterocycles. The molecule has 0 aliphatic heterocycles. The normalized spacial score (nSPS) is 11.8. The van der Waals surface area contributed by atoms with E-state index in [-0.39, 0.29) is 11.2 Å². The van der Waals surface area contributed by atoms with Gasteiger partial charge in [-0.05, 0) is 34.2 Å². The lowest BCUT2D eigenvalue weighted by Gasteiger charge is -2.19. The molecule has 3 heteroatoms. The maximum atomic E-state index is 13.7. The molecule has 0 fully saturated rings. The molecule has 0 radical (unpaired) electrons. The van der Waals surface area contributed by atoms with Crippen LogP contribution in [-0.4, -0.2) is 15.8 Å². The van der Waals surface area contributed by atoms with Gasteiger partial charge in [0.05, 0.1) is 5.52 Å². The van der Waals surface area contributed by atoms with Crippen LogP contribution in [0.2, 0.25) is 0 Å². The average molecular weight is 405 g/mol. The van der Waals surface area contributed by atoms with E-state index in [1.54, 1.807) is 6.20 Å². The van der Waals surface area contributed by atoms with Crippen molar-refractivity contribution >= 4 is 27.6 Å². The number of aromatic nitrogens is 2. The Labute approximate surface area is 181 Å². The molecule has 2 aromatic heterocycles. The van der Waals surface area contributed by atoms with Crippen LogP contribution in [0.4, 0.5) is 0 Å². The van der Waals surface area contributed by atoms with Crippen molar-refractivity contribution in [3.63, 3.8) is 0 Å². The molecule has 2 heterocycles. The third-order valence-electron chi connectivity index (χ3n) is 5.88. The predicted octanol–water partition coefficient (Wildman–Crippen LogP) is 6.91. The molecule has 0 bridgehead atoms. The predicted molar refractivity (Wildman–Crippen MR) is 128 cm³/mol. The Balaban J connectivity index is 1.63. The number of hydrogen-bond donors (Lipinski definition) is 1. The average Bonchev–Trinajstić information content (AvgIpc) is 3.17. The summed E-state index contributed by atoms with van der Waals surface area (Å²) in [6.07, 6.45) is 1.72. The number of carbonyl (C=O) groups is 1. The van der Waals surface area contributed by atoms with Gasteiger partial charge in [0.1, 0.15) is 5.69 Å². The first-order valence-electron chi connectivity index (χ1n) is 10.5. The highest BCUT2D eigenvalue weighted by molar-refractivity contribution is 6.20. The molecule has 0 spiro atoms. The molecule has 0 amide bonds. The van der Waals surface area contributed by atoms with Gasteiger partial charge in [-0.3, -0.25) is 9.78 Å². The summed E-state index contributed by atoms with van der Waals surface area (Å²) < 4.78 is 0. The van der Waals surface area contributed by atoms with Crippen LogP contribution in [0.3, 0.4) is 0 Å². The number of aromatic amines is 1. The molecule has 5 rings (SSSR count). The molecule has 3 nitrogen and oxygen atoms in total. The van der Waals surface area contributed by atoms with Gasteiger partial charge in [-0.15, -0.1) is 0 Å². The number of nitrogens with zero attached hydrogens (tertiary/aromatic N) is 1. The number of para-hydroxylation sites is 1. The van der Waals surface area contributed by atoms with E-state index in [9.17, 15) is 4.79 Å². The van der Waals surface area contributed by atoms with Crippen molar-refractivity contribution in [2.45, 2.75) is 26.2 Å². The Morgan fingerprint density at radius 3 is 2.29 bits per heavy atom. The van der Waals surface area contributed by atoms with Crippen LogP contribution in [0.15, 0.2) is 85.1 Å². The van der Waals surface area contributed by atoms with Crippen LogP contribution in [-0.2, 0) is 5.41 Å². The Morgan fingerprint density at radius 2 is 1.52 bits per heavy atom. The number of fused-ring (bicyclic) bond motifs is 3. The summed E-state index contributed by atoms with van der Waals surface area (Å²) in [4.78, 5) is 21.6. The summed E-state index contributed by atoms with van der Waals surface area (Å²) in [5.74, 6) is -0.0762. The third-order valence-corrected chi connectivity index (χ3v) is 5.88. The molecule has 0 aliphatic carbocycles. The molecular formula is C28H24N2O. The van der Waals surface area contributed by atoms with Gasteiger partial charge in [0.25, 0.3) is 0 Å². The second kappa shape index (κ2) is 7.21. The molecule has 152 valence electrons. The maximum absolute atomic E-state index is 13.7. The van der Waals surface area contributed by atoms with Crippen molar-refractivity contribution in [3.8, 4) is 11.1 Å². The summed E-state index contributed by atoms with van der Waals surface area (Å²) in [5, 5.41) is 2.11. The summed E-state index contributed by atoms with van der Waals surface area (Å²) in [6, 6.07) is 26.3. The second-order valence-corrected chi connectivity index (χ2v) is 8.95. The van der Waals surface area contributed by atoms with E-state index >= 15 is 0 Å². The highest BCUT2D eigenvalue weighted by Crippen LogP contribution is 2.31. The van der Waals surface area contributed by atoms with Crippen LogP contribution >= 0.6 is 0 Å². The highest BCUT2D eigenvalue weighted by atomic mass is 16.1. The Kier molecular flexibility index (Phi) is 4.48. The van der Waals surface area contributed by atoms with Crippen LogP contribution in [0, 0.1) is 0 Å². The van der Waals surface area contributed by atoms with E-state index in [4.69, 9.17) is 0 Å². The van der Waals surface area contributed by atoms with Gasteiger partial charge in [0.2, 0.25) is 5.78 Å². The standard InChI is InChI=1S/C28H24N2O/c1-28(2,3)19-14-12-18(13-15-19)20-8-4-5-10-23(20)27(31)26-25-22(16-17-29-26)21-9-6-7-11-24(21)30-25/h4-17,30H,1-3H3. The zero-order chi connectivity index (χ0) is 21.6. The topological polar surface area (TPSA) is 45.8 Å². The molecule has 0 aliphatic rings. The van der Waals surface area contributed by atoms with E-state index in [1.165, 1.54) is 5.56 Å². The maximum Gasteiger partial charge on any atom is 0.214 e. The van der Waals surface area contributed by atoms with Gasteiger partial charge in [0, 0.05) is 28.0 Å². The van der Waals surface area contributed by atoms with Crippen LogP contribution in [0.25, 0.3) is 32.9 Å². The zero-order valence-corrected chi connectivity index (χ0v) is 17.9. The summed E-state index contributed by atoms with van der Waals surface area (Å²) in [6.45, 7) is 6.60. The van der Waals surface area contributed by atoms with E-state index < -0.39 is 0 Å². The molecule has 0 saturated carbocycles. The number of ketones is 1.